The average molecular weight is 168 g/mol. The van der Waals surface area contributed by atoms with E-state index in [1.807, 2.05) is 0 Å². The summed E-state index contributed by atoms with van der Waals surface area (Å²) >= 11 is 0. The Morgan fingerprint density at radius 1 is 1.42 bits per heavy atom. The molecule has 0 radical (unpaired) electrons. The number of nitrogens with zero attached hydrogens (tertiary/aromatic N) is 1. The van der Waals surface area contributed by atoms with Gasteiger partial charge >= 0.3 is 0 Å². The first-order chi connectivity index (χ1) is 5.61. The van der Waals surface area contributed by atoms with Crippen molar-refractivity contribution in [3.05, 3.63) is 5.56 Å². The van der Waals surface area contributed by atoms with Crippen LogP contribution in [0.3, 0.4) is 0 Å². The molecule has 0 spiro atoms. The summed E-state index contributed by atoms with van der Waals surface area (Å²) in [5, 5.41) is 6.49. The minimum atomic E-state index is 0.535. The average Bonchev–Trinajstić information content (AvgIpc) is 2.28. The van der Waals surface area contributed by atoms with Crippen LogP contribution in [0, 0.1) is 5.92 Å². The van der Waals surface area contributed by atoms with Gasteiger partial charge in [0.25, 0.3) is 0 Å². The largest absolute Gasteiger partial charge is 0.384 e. The van der Waals surface area contributed by atoms with Gasteiger partial charge in [-0.3, -0.25) is 5.10 Å². The minimum absolute atomic E-state index is 0.535. The van der Waals surface area contributed by atoms with E-state index in [0.717, 1.165) is 18.4 Å². The van der Waals surface area contributed by atoms with Gasteiger partial charge < -0.3 is 11.5 Å². The molecule has 0 aliphatic rings. The van der Waals surface area contributed by atoms with E-state index >= 15 is 0 Å². The third-order valence-electron chi connectivity index (χ3n) is 1.90. The van der Waals surface area contributed by atoms with E-state index < -0.39 is 0 Å². The van der Waals surface area contributed by atoms with Crippen LogP contribution in [0.4, 0.5) is 11.6 Å². The van der Waals surface area contributed by atoms with Crippen molar-refractivity contribution >= 4 is 11.6 Å². The van der Waals surface area contributed by atoms with Gasteiger partial charge in [0.1, 0.15) is 5.82 Å². The molecule has 0 aromatic carbocycles. The van der Waals surface area contributed by atoms with Gasteiger partial charge in [-0.05, 0) is 18.8 Å². The van der Waals surface area contributed by atoms with E-state index in [1.165, 1.54) is 0 Å². The number of nitrogen functional groups attached to an aromatic ring is 2. The van der Waals surface area contributed by atoms with Gasteiger partial charge in [0.05, 0.1) is 0 Å². The zero-order valence-electron chi connectivity index (χ0n) is 7.59. The number of anilines is 2. The highest BCUT2D eigenvalue weighted by Crippen LogP contribution is 2.18. The van der Waals surface area contributed by atoms with Gasteiger partial charge in [-0.25, -0.2) is 0 Å². The molecular weight excluding hydrogens is 152 g/mol. The van der Waals surface area contributed by atoms with E-state index in [9.17, 15) is 0 Å². The maximum absolute atomic E-state index is 5.63. The van der Waals surface area contributed by atoms with E-state index in [-0.39, 0.29) is 0 Å². The highest BCUT2D eigenvalue weighted by atomic mass is 15.2. The highest BCUT2D eigenvalue weighted by Gasteiger charge is 2.07. The molecule has 4 nitrogen and oxygen atoms in total. The fraction of sp³-hybridized carbons (Fsp3) is 0.625. The van der Waals surface area contributed by atoms with Crippen LogP contribution in [0.5, 0.6) is 0 Å². The Kier molecular flexibility index (Phi) is 2.58. The van der Waals surface area contributed by atoms with Crippen LogP contribution in [-0.2, 0) is 6.42 Å². The number of nitrogens with one attached hydrogen (secondary N) is 1. The number of hydrogen-bond donors (Lipinski definition) is 3. The molecule has 4 heteroatoms. The van der Waals surface area contributed by atoms with E-state index in [0.29, 0.717) is 17.6 Å². The van der Waals surface area contributed by atoms with Crippen molar-refractivity contribution in [2.75, 3.05) is 11.5 Å². The summed E-state index contributed by atoms with van der Waals surface area (Å²) in [5.74, 6) is 1.81. The molecule has 1 heterocycles. The summed E-state index contributed by atoms with van der Waals surface area (Å²) in [5.41, 5.74) is 12.2. The maximum Gasteiger partial charge on any atom is 0.150 e. The highest BCUT2D eigenvalue weighted by molar-refractivity contribution is 5.52. The topological polar surface area (TPSA) is 80.7 Å². The summed E-state index contributed by atoms with van der Waals surface area (Å²) in [6.45, 7) is 4.35. The molecule has 1 aromatic rings. The molecule has 12 heavy (non-hydrogen) atoms. The van der Waals surface area contributed by atoms with Crippen molar-refractivity contribution in [2.45, 2.75) is 26.7 Å². The zero-order valence-corrected chi connectivity index (χ0v) is 7.59. The SMILES string of the molecule is CC(C)CCc1c(N)n[nH]c1N. The second-order valence-corrected chi connectivity index (χ2v) is 3.43. The number of nitrogens with two attached hydrogens (primary N) is 2. The number of aromatic nitrogens is 2. The summed E-state index contributed by atoms with van der Waals surface area (Å²) in [6, 6.07) is 0. The summed E-state index contributed by atoms with van der Waals surface area (Å²) < 4.78 is 0. The molecule has 0 bridgehead atoms. The van der Waals surface area contributed by atoms with Gasteiger partial charge in [-0.1, -0.05) is 13.8 Å². The maximum atomic E-state index is 5.63. The van der Waals surface area contributed by atoms with Crippen LogP contribution in [0.2, 0.25) is 0 Å². The third-order valence-corrected chi connectivity index (χ3v) is 1.90. The summed E-state index contributed by atoms with van der Waals surface area (Å²) in [7, 11) is 0. The van der Waals surface area contributed by atoms with Crippen molar-refractivity contribution in [1.29, 1.82) is 0 Å². The molecule has 0 fully saturated rings. The molecule has 68 valence electrons. The summed E-state index contributed by atoms with van der Waals surface area (Å²) in [6.07, 6.45) is 2.00. The second-order valence-electron chi connectivity index (χ2n) is 3.43. The monoisotopic (exact) mass is 168 g/mol. The quantitative estimate of drug-likeness (QED) is 0.633. The molecule has 1 aromatic heterocycles. The predicted molar refractivity (Wildman–Crippen MR) is 50.6 cm³/mol. The molecular formula is C8H16N4. The predicted octanol–water partition coefficient (Wildman–Crippen LogP) is 1.16. The zero-order chi connectivity index (χ0) is 9.14. The second kappa shape index (κ2) is 3.47. The van der Waals surface area contributed by atoms with Crippen molar-refractivity contribution in [2.24, 2.45) is 5.92 Å². The Bertz CT molecular complexity index is 232. The van der Waals surface area contributed by atoms with Crippen LogP contribution >= 0.6 is 0 Å². The Morgan fingerprint density at radius 3 is 2.50 bits per heavy atom. The third kappa shape index (κ3) is 1.90. The molecule has 0 saturated carbocycles. The first-order valence-electron chi connectivity index (χ1n) is 4.19. The van der Waals surface area contributed by atoms with E-state index in [2.05, 4.69) is 24.0 Å². The molecule has 0 amide bonds. The van der Waals surface area contributed by atoms with Gasteiger partial charge in [0, 0.05) is 5.56 Å². The Balaban J connectivity index is 2.62. The molecule has 0 saturated heterocycles. The lowest BCUT2D eigenvalue weighted by Gasteiger charge is -2.03. The number of hydrogen-bond acceptors (Lipinski definition) is 3. The lowest BCUT2D eigenvalue weighted by molar-refractivity contribution is 0.588. The van der Waals surface area contributed by atoms with Gasteiger partial charge in [0.2, 0.25) is 0 Å². The fourth-order valence-electron chi connectivity index (χ4n) is 1.09. The van der Waals surface area contributed by atoms with Crippen molar-refractivity contribution in [1.82, 2.24) is 10.2 Å². The standard InChI is InChI=1S/C8H16N4/c1-5(2)3-4-6-7(9)11-12-8(6)10/h5H,3-4H2,1-2H3,(H5,9,10,11,12). The Hall–Kier alpha value is -1.19. The Morgan fingerprint density at radius 2 is 2.08 bits per heavy atom. The number of aromatic amines is 1. The molecule has 0 aliphatic carbocycles. The van der Waals surface area contributed by atoms with Crippen molar-refractivity contribution in [3.8, 4) is 0 Å². The normalized spacial score (nSPS) is 10.9. The van der Waals surface area contributed by atoms with Crippen LogP contribution in [-0.4, -0.2) is 10.2 Å². The lowest BCUT2D eigenvalue weighted by Crippen LogP contribution is -1.98. The molecule has 5 N–H and O–H groups in total. The molecule has 0 aliphatic heterocycles. The summed E-state index contributed by atoms with van der Waals surface area (Å²) in [4.78, 5) is 0. The van der Waals surface area contributed by atoms with Gasteiger partial charge in [-0.15, -0.1) is 0 Å². The number of rotatable bonds is 3. The molecule has 1 rings (SSSR count). The van der Waals surface area contributed by atoms with Gasteiger partial charge in [-0.2, -0.15) is 5.10 Å². The van der Waals surface area contributed by atoms with Crippen LogP contribution in [0.25, 0.3) is 0 Å². The fourth-order valence-corrected chi connectivity index (χ4v) is 1.09. The van der Waals surface area contributed by atoms with Crippen molar-refractivity contribution in [3.63, 3.8) is 0 Å². The first kappa shape index (κ1) is 8.90. The van der Waals surface area contributed by atoms with Crippen LogP contribution in [0.15, 0.2) is 0 Å². The van der Waals surface area contributed by atoms with Crippen molar-refractivity contribution < 1.29 is 0 Å². The minimum Gasteiger partial charge on any atom is -0.384 e. The van der Waals surface area contributed by atoms with Crippen LogP contribution < -0.4 is 11.5 Å². The molecule has 0 atom stereocenters. The van der Waals surface area contributed by atoms with E-state index in [1.54, 1.807) is 0 Å². The van der Waals surface area contributed by atoms with Gasteiger partial charge in [0.15, 0.2) is 5.82 Å². The van der Waals surface area contributed by atoms with Crippen LogP contribution in [0.1, 0.15) is 25.8 Å². The first-order valence-corrected chi connectivity index (χ1v) is 4.19. The molecule has 0 unspecified atom stereocenters. The Labute approximate surface area is 72.3 Å². The number of H-pyrrole nitrogens is 1. The smallest absolute Gasteiger partial charge is 0.150 e. The van der Waals surface area contributed by atoms with E-state index in [4.69, 9.17) is 11.5 Å². The lowest BCUT2D eigenvalue weighted by atomic mass is 10.0.